The minimum Gasteiger partial charge on any atom is -0.356 e. The lowest BCUT2D eigenvalue weighted by Gasteiger charge is -1.98. The Bertz CT molecular complexity index is 793. The number of halogens is 4. The fraction of sp³-hybridized carbons (Fsp3) is 0. The summed E-state index contributed by atoms with van der Waals surface area (Å²) in [6.07, 6.45) is 2.38. The molecule has 0 N–H and O–H groups in total. The van der Waals surface area contributed by atoms with Gasteiger partial charge in [0.2, 0.25) is 0 Å². The van der Waals surface area contributed by atoms with E-state index < -0.39 is 23.3 Å². The lowest BCUT2D eigenvalue weighted by atomic mass is 10.1. The van der Waals surface area contributed by atoms with Crippen LogP contribution < -0.4 is 0 Å². The van der Waals surface area contributed by atoms with E-state index in [0.29, 0.717) is 5.56 Å². The summed E-state index contributed by atoms with van der Waals surface area (Å²) in [6, 6.07) is 4.10. The van der Waals surface area contributed by atoms with Gasteiger partial charge in [0.1, 0.15) is 11.5 Å². The van der Waals surface area contributed by atoms with Gasteiger partial charge in [-0.3, -0.25) is 4.98 Å². The molecular weight excluding hydrogens is 288 g/mol. The largest absolute Gasteiger partial charge is 0.356 e. The van der Waals surface area contributed by atoms with Gasteiger partial charge in [0.25, 0.3) is 0 Å². The highest BCUT2D eigenvalue weighted by atomic mass is 19.2. The first-order valence-corrected chi connectivity index (χ1v) is 5.77. The van der Waals surface area contributed by atoms with Gasteiger partial charge in [-0.05, 0) is 18.2 Å². The maximum absolute atomic E-state index is 13.2. The van der Waals surface area contributed by atoms with Crippen molar-refractivity contribution in [1.82, 2.24) is 10.1 Å². The number of nitrogens with zero attached hydrogens (tertiary/aromatic N) is 2. The maximum atomic E-state index is 13.2. The van der Waals surface area contributed by atoms with Crippen molar-refractivity contribution in [2.75, 3.05) is 0 Å². The smallest absolute Gasteiger partial charge is 0.194 e. The van der Waals surface area contributed by atoms with Crippen LogP contribution in [0.4, 0.5) is 17.6 Å². The molecule has 0 bridgehead atoms. The van der Waals surface area contributed by atoms with E-state index in [1.54, 1.807) is 0 Å². The lowest BCUT2D eigenvalue weighted by Crippen LogP contribution is -1.91. The zero-order valence-electron chi connectivity index (χ0n) is 10.3. The molecule has 2 heterocycles. The van der Waals surface area contributed by atoms with Crippen LogP contribution in [0.5, 0.6) is 0 Å². The highest BCUT2D eigenvalue weighted by Gasteiger charge is 2.15. The van der Waals surface area contributed by atoms with E-state index in [9.17, 15) is 17.6 Å². The molecule has 0 spiro atoms. The van der Waals surface area contributed by atoms with Crippen LogP contribution in [0.25, 0.3) is 22.6 Å². The van der Waals surface area contributed by atoms with Crippen LogP contribution in [-0.2, 0) is 0 Å². The third-order valence-corrected chi connectivity index (χ3v) is 2.78. The molecular formula is C14H6F4N2O. The van der Waals surface area contributed by atoms with Crippen molar-refractivity contribution in [3.05, 3.63) is 59.9 Å². The summed E-state index contributed by atoms with van der Waals surface area (Å²) in [5.74, 6) is -4.78. The third kappa shape index (κ3) is 2.49. The van der Waals surface area contributed by atoms with Gasteiger partial charge < -0.3 is 4.52 Å². The van der Waals surface area contributed by atoms with Gasteiger partial charge in [-0.15, -0.1) is 0 Å². The average Bonchev–Trinajstić information content (AvgIpc) is 2.94. The first-order valence-electron chi connectivity index (χ1n) is 5.77. The van der Waals surface area contributed by atoms with Crippen LogP contribution in [-0.4, -0.2) is 10.1 Å². The Balaban J connectivity index is 2.02. The van der Waals surface area contributed by atoms with Crippen molar-refractivity contribution in [1.29, 1.82) is 0 Å². The van der Waals surface area contributed by atoms with Gasteiger partial charge in [-0.1, -0.05) is 5.16 Å². The van der Waals surface area contributed by atoms with Crippen molar-refractivity contribution >= 4 is 0 Å². The van der Waals surface area contributed by atoms with E-state index in [2.05, 4.69) is 10.1 Å². The summed E-state index contributed by atoms with van der Waals surface area (Å²) >= 11 is 0. The second-order valence-electron chi connectivity index (χ2n) is 4.22. The molecule has 0 saturated carbocycles. The van der Waals surface area contributed by atoms with E-state index in [0.717, 1.165) is 18.3 Å². The van der Waals surface area contributed by atoms with Gasteiger partial charge >= 0.3 is 0 Å². The predicted molar refractivity (Wildman–Crippen MR) is 65.0 cm³/mol. The summed E-state index contributed by atoms with van der Waals surface area (Å²) in [5, 5.41) is 3.67. The topological polar surface area (TPSA) is 38.9 Å². The molecule has 0 aliphatic carbocycles. The molecule has 0 saturated heterocycles. The summed E-state index contributed by atoms with van der Waals surface area (Å²) in [4.78, 5) is 3.66. The van der Waals surface area contributed by atoms with Crippen LogP contribution in [0.1, 0.15) is 0 Å². The monoisotopic (exact) mass is 294 g/mol. The first-order chi connectivity index (χ1) is 10.0. The Morgan fingerprint density at radius 1 is 0.810 bits per heavy atom. The molecule has 0 amide bonds. The summed E-state index contributed by atoms with van der Waals surface area (Å²) < 4.78 is 57.2. The van der Waals surface area contributed by atoms with E-state index in [1.165, 1.54) is 18.3 Å². The number of benzene rings is 1. The molecule has 0 aliphatic heterocycles. The minimum atomic E-state index is -1.56. The van der Waals surface area contributed by atoms with E-state index >= 15 is 0 Å². The summed E-state index contributed by atoms with van der Waals surface area (Å²) in [7, 11) is 0. The number of hydrogen-bond donors (Lipinski definition) is 0. The molecule has 3 aromatic rings. The SMILES string of the molecule is Fc1cncc(-c2cc(-c3cc(F)c(F)c(F)c3)on2)c1. The average molecular weight is 294 g/mol. The number of rotatable bonds is 2. The van der Waals surface area contributed by atoms with Crippen LogP contribution in [0.15, 0.2) is 41.2 Å². The van der Waals surface area contributed by atoms with Crippen LogP contribution in [0, 0.1) is 23.3 Å². The zero-order chi connectivity index (χ0) is 15.0. The maximum Gasteiger partial charge on any atom is 0.194 e. The fourth-order valence-corrected chi connectivity index (χ4v) is 1.80. The van der Waals surface area contributed by atoms with Crippen molar-refractivity contribution < 1.29 is 22.1 Å². The Kier molecular flexibility index (Phi) is 3.17. The molecule has 21 heavy (non-hydrogen) atoms. The van der Waals surface area contributed by atoms with Gasteiger partial charge in [-0.25, -0.2) is 17.6 Å². The van der Waals surface area contributed by atoms with Gasteiger partial charge in [0.05, 0.1) is 6.20 Å². The second-order valence-corrected chi connectivity index (χ2v) is 4.22. The van der Waals surface area contributed by atoms with Crippen molar-refractivity contribution in [3.63, 3.8) is 0 Å². The molecule has 0 fully saturated rings. The fourth-order valence-electron chi connectivity index (χ4n) is 1.80. The highest BCUT2D eigenvalue weighted by molar-refractivity contribution is 5.66. The van der Waals surface area contributed by atoms with Gasteiger partial charge in [-0.2, -0.15) is 0 Å². The third-order valence-electron chi connectivity index (χ3n) is 2.78. The van der Waals surface area contributed by atoms with Crippen molar-refractivity contribution in [3.8, 4) is 22.6 Å². The quantitative estimate of drug-likeness (QED) is 0.530. The van der Waals surface area contributed by atoms with Crippen molar-refractivity contribution in [2.45, 2.75) is 0 Å². The second kappa shape index (κ2) is 5.01. The number of aromatic nitrogens is 2. The molecule has 7 heteroatoms. The Labute approximate surface area is 115 Å². The normalized spacial score (nSPS) is 10.9. The minimum absolute atomic E-state index is 0.0190. The Morgan fingerprint density at radius 2 is 1.52 bits per heavy atom. The molecule has 3 rings (SSSR count). The zero-order valence-corrected chi connectivity index (χ0v) is 10.3. The van der Waals surface area contributed by atoms with Crippen LogP contribution >= 0.6 is 0 Å². The number of pyridine rings is 1. The van der Waals surface area contributed by atoms with E-state index in [1.807, 2.05) is 0 Å². The first kappa shape index (κ1) is 13.3. The molecule has 0 radical (unpaired) electrons. The summed E-state index contributed by atoms with van der Waals surface area (Å²) in [6.45, 7) is 0. The molecule has 3 nitrogen and oxygen atoms in total. The lowest BCUT2D eigenvalue weighted by molar-refractivity contribution is 0.429. The Morgan fingerprint density at radius 3 is 2.19 bits per heavy atom. The van der Waals surface area contributed by atoms with Gasteiger partial charge in [0.15, 0.2) is 23.2 Å². The molecule has 106 valence electrons. The van der Waals surface area contributed by atoms with Crippen molar-refractivity contribution in [2.24, 2.45) is 0 Å². The van der Waals surface area contributed by atoms with Gasteiger partial charge in [0, 0.05) is 23.4 Å². The predicted octanol–water partition coefficient (Wildman–Crippen LogP) is 3.96. The van der Waals surface area contributed by atoms with Crippen LogP contribution in [0.2, 0.25) is 0 Å². The number of hydrogen-bond acceptors (Lipinski definition) is 3. The molecule has 0 unspecified atom stereocenters. The summed E-state index contributed by atoms with van der Waals surface area (Å²) in [5.41, 5.74) is 0.560. The van der Waals surface area contributed by atoms with Crippen LogP contribution in [0.3, 0.4) is 0 Å². The van der Waals surface area contributed by atoms with E-state index in [-0.39, 0.29) is 17.0 Å². The Hall–Kier alpha value is -2.70. The highest BCUT2D eigenvalue weighted by Crippen LogP contribution is 2.28. The van der Waals surface area contributed by atoms with E-state index in [4.69, 9.17) is 4.52 Å². The molecule has 1 aromatic carbocycles. The molecule has 0 aliphatic rings. The molecule has 2 aromatic heterocycles. The molecule has 0 atom stereocenters. The standard InChI is InChI=1S/C14H6F4N2O/c15-9-1-8(5-19-6-9)12-4-13(21-20-12)7-2-10(16)14(18)11(17)3-7/h1-6H.